The van der Waals surface area contributed by atoms with Crippen molar-refractivity contribution in [3.63, 3.8) is 0 Å². The predicted molar refractivity (Wildman–Crippen MR) is 58.5 cm³/mol. The first kappa shape index (κ1) is 15.9. The van der Waals surface area contributed by atoms with Crippen LogP contribution in [0.2, 0.25) is 0 Å². The zero-order chi connectivity index (χ0) is 12.8. The monoisotopic (exact) mass is 274 g/mol. The smallest absolute Gasteiger partial charge is 0.389 e. The Kier molecular flexibility index (Phi) is 6.51. The number of hydrogen-bond acceptors (Lipinski definition) is 6. The Balaban J connectivity index is 5.23. The molecule has 0 amide bonds. The molecule has 0 saturated heterocycles. The SMILES string of the molecule is CCOC(=O)C(Cl)(OCC)P(=O)(OC)OC. The van der Waals surface area contributed by atoms with Crippen molar-refractivity contribution in [1.29, 1.82) is 0 Å². The number of hydrogen-bond donors (Lipinski definition) is 0. The zero-order valence-corrected chi connectivity index (χ0v) is 11.3. The highest BCUT2D eigenvalue weighted by atomic mass is 35.5. The average Bonchev–Trinajstić information content (AvgIpc) is 2.28. The maximum atomic E-state index is 12.1. The van der Waals surface area contributed by atoms with E-state index < -0.39 is 18.4 Å². The van der Waals surface area contributed by atoms with Crippen LogP contribution in [0.15, 0.2) is 0 Å². The first-order valence-corrected chi connectivity index (χ1v) is 6.55. The summed E-state index contributed by atoms with van der Waals surface area (Å²) >= 11 is 5.87. The molecule has 1 atom stereocenters. The van der Waals surface area contributed by atoms with E-state index >= 15 is 0 Å². The predicted octanol–water partition coefficient (Wildman–Crippen LogP) is 1.96. The Morgan fingerprint density at radius 3 is 2.06 bits per heavy atom. The lowest BCUT2D eigenvalue weighted by atomic mass is 10.7. The van der Waals surface area contributed by atoms with Crippen LogP contribution in [0, 0.1) is 0 Å². The first-order chi connectivity index (χ1) is 7.41. The Morgan fingerprint density at radius 1 is 1.25 bits per heavy atom. The third-order valence-corrected chi connectivity index (χ3v) is 4.56. The fourth-order valence-corrected chi connectivity index (χ4v) is 2.74. The first-order valence-electron chi connectivity index (χ1n) is 4.63. The normalized spacial score (nSPS) is 15.6. The van der Waals surface area contributed by atoms with E-state index in [1.165, 1.54) is 0 Å². The lowest BCUT2D eigenvalue weighted by Crippen LogP contribution is -2.38. The van der Waals surface area contributed by atoms with Gasteiger partial charge in [0.1, 0.15) is 0 Å². The van der Waals surface area contributed by atoms with Crippen molar-refractivity contribution in [2.75, 3.05) is 27.4 Å². The second-order valence-corrected chi connectivity index (χ2v) is 5.73. The minimum absolute atomic E-state index is 0.0546. The van der Waals surface area contributed by atoms with Gasteiger partial charge in [-0.1, -0.05) is 11.6 Å². The van der Waals surface area contributed by atoms with Gasteiger partial charge in [-0.3, -0.25) is 4.57 Å². The van der Waals surface area contributed by atoms with E-state index in [0.717, 1.165) is 14.2 Å². The zero-order valence-electron chi connectivity index (χ0n) is 9.69. The maximum Gasteiger partial charge on any atom is 0.389 e. The molecule has 0 saturated carbocycles. The highest BCUT2D eigenvalue weighted by molar-refractivity contribution is 7.58. The van der Waals surface area contributed by atoms with Crippen molar-refractivity contribution in [3.8, 4) is 0 Å². The number of rotatable bonds is 7. The van der Waals surface area contributed by atoms with E-state index in [2.05, 4.69) is 13.8 Å². The summed E-state index contributed by atoms with van der Waals surface area (Å²) in [4.78, 5) is 9.35. The third kappa shape index (κ3) is 2.96. The molecular formula is C8H16ClO6P. The van der Waals surface area contributed by atoms with Gasteiger partial charge < -0.3 is 18.5 Å². The van der Waals surface area contributed by atoms with Crippen LogP contribution in [-0.4, -0.2) is 38.2 Å². The van der Waals surface area contributed by atoms with Crippen LogP contribution in [-0.2, 0) is 27.9 Å². The van der Waals surface area contributed by atoms with Gasteiger partial charge in [0.25, 0.3) is 0 Å². The molecule has 1 unspecified atom stereocenters. The van der Waals surface area contributed by atoms with E-state index in [4.69, 9.17) is 16.3 Å². The van der Waals surface area contributed by atoms with Crippen LogP contribution in [0.1, 0.15) is 13.8 Å². The fourth-order valence-electron chi connectivity index (χ4n) is 0.971. The molecule has 6 nitrogen and oxygen atoms in total. The van der Waals surface area contributed by atoms with Crippen LogP contribution in [0.4, 0.5) is 0 Å². The van der Waals surface area contributed by atoms with Gasteiger partial charge in [-0.15, -0.1) is 0 Å². The summed E-state index contributed by atoms with van der Waals surface area (Å²) in [6.07, 6.45) is 0. The Bertz CT molecular complexity index is 276. The Labute approximate surface area is 99.7 Å². The summed E-state index contributed by atoms with van der Waals surface area (Å²) in [7, 11) is -1.72. The molecule has 0 aromatic rings. The number of ether oxygens (including phenoxy) is 2. The lowest BCUT2D eigenvalue weighted by molar-refractivity contribution is -0.155. The minimum atomic E-state index is -3.94. The highest BCUT2D eigenvalue weighted by Crippen LogP contribution is 2.62. The largest absolute Gasteiger partial charge is 0.462 e. The minimum Gasteiger partial charge on any atom is -0.462 e. The summed E-state index contributed by atoms with van der Waals surface area (Å²) in [5, 5.41) is 0. The van der Waals surface area contributed by atoms with E-state index in [1.54, 1.807) is 13.8 Å². The van der Waals surface area contributed by atoms with E-state index in [0.29, 0.717) is 0 Å². The number of halogens is 1. The quantitative estimate of drug-likeness (QED) is 0.401. The summed E-state index contributed by atoms with van der Waals surface area (Å²) < 4.78 is 31.0. The molecule has 0 aromatic carbocycles. The molecular weight excluding hydrogens is 259 g/mol. The van der Waals surface area contributed by atoms with Crippen LogP contribution < -0.4 is 0 Å². The number of carbonyl (C=O) groups excluding carboxylic acids is 1. The number of alkyl halides is 1. The van der Waals surface area contributed by atoms with Crippen molar-refractivity contribution < 1.29 is 27.9 Å². The van der Waals surface area contributed by atoms with Gasteiger partial charge in [0, 0.05) is 20.8 Å². The fraction of sp³-hybridized carbons (Fsp3) is 0.875. The molecule has 0 rings (SSSR count). The Hall–Kier alpha value is -0.130. The molecule has 0 aliphatic heterocycles. The topological polar surface area (TPSA) is 71.1 Å². The molecule has 0 aliphatic carbocycles. The second-order valence-electron chi connectivity index (χ2n) is 2.58. The molecule has 8 heteroatoms. The molecule has 0 aromatic heterocycles. The molecule has 0 spiro atoms. The molecule has 96 valence electrons. The van der Waals surface area contributed by atoms with Crippen molar-refractivity contribution in [2.45, 2.75) is 18.6 Å². The van der Waals surface area contributed by atoms with Crippen molar-refractivity contribution in [3.05, 3.63) is 0 Å². The third-order valence-electron chi connectivity index (χ3n) is 1.70. The van der Waals surface area contributed by atoms with Gasteiger partial charge in [0.2, 0.25) is 0 Å². The average molecular weight is 275 g/mol. The highest BCUT2D eigenvalue weighted by Gasteiger charge is 2.58. The van der Waals surface area contributed by atoms with Crippen LogP contribution in [0.25, 0.3) is 0 Å². The van der Waals surface area contributed by atoms with Crippen LogP contribution in [0.5, 0.6) is 0 Å². The number of esters is 1. The molecule has 0 aliphatic rings. The molecule has 16 heavy (non-hydrogen) atoms. The van der Waals surface area contributed by atoms with Gasteiger partial charge in [0.05, 0.1) is 6.61 Å². The van der Waals surface area contributed by atoms with E-state index in [9.17, 15) is 9.36 Å². The molecule has 0 radical (unpaired) electrons. The molecule has 0 heterocycles. The van der Waals surface area contributed by atoms with Crippen molar-refractivity contribution in [1.82, 2.24) is 0 Å². The summed E-state index contributed by atoms with van der Waals surface area (Å²) in [6, 6.07) is 0. The van der Waals surface area contributed by atoms with Crippen LogP contribution in [0.3, 0.4) is 0 Å². The summed E-state index contributed by atoms with van der Waals surface area (Å²) in [5.41, 5.74) is 0. The van der Waals surface area contributed by atoms with E-state index in [-0.39, 0.29) is 13.2 Å². The standard InChI is InChI=1S/C8H16ClO6P/c1-5-14-7(10)8(9,15-6-2)16(11,12-3)13-4/h5-6H2,1-4H3. The summed E-state index contributed by atoms with van der Waals surface area (Å²) in [6.45, 7) is 3.31. The van der Waals surface area contributed by atoms with Crippen LogP contribution >= 0.6 is 19.2 Å². The number of carbonyl (C=O) groups is 1. The molecule has 0 bridgehead atoms. The Morgan fingerprint density at radius 2 is 1.75 bits per heavy atom. The van der Waals surface area contributed by atoms with E-state index in [1.807, 2.05) is 0 Å². The molecule has 0 fully saturated rings. The lowest BCUT2D eigenvalue weighted by Gasteiger charge is -2.29. The molecule has 0 N–H and O–H groups in total. The van der Waals surface area contributed by atoms with Gasteiger partial charge in [-0.25, -0.2) is 4.79 Å². The second kappa shape index (κ2) is 6.57. The summed E-state index contributed by atoms with van der Waals surface area (Å²) in [5.74, 6) is -0.995. The van der Waals surface area contributed by atoms with Gasteiger partial charge >= 0.3 is 18.4 Å². The van der Waals surface area contributed by atoms with Crippen molar-refractivity contribution >= 4 is 25.2 Å². The van der Waals surface area contributed by atoms with Crippen molar-refractivity contribution in [2.24, 2.45) is 0 Å². The maximum absolute atomic E-state index is 12.1. The van der Waals surface area contributed by atoms with Gasteiger partial charge in [-0.2, -0.15) is 0 Å². The van der Waals surface area contributed by atoms with Gasteiger partial charge in [0.15, 0.2) is 0 Å². The van der Waals surface area contributed by atoms with Gasteiger partial charge in [-0.05, 0) is 13.8 Å².